The van der Waals surface area contributed by atoms with Crippen molar-refractivity contribution in [2.24, 2.45) is 0 Å². The minimum atomic E-state index is -3.94. The van der Waals surface area contributed by atoms with Crippen molar-refractivity contribution in [1.82, 2.24) is 5.32 Å². The molecule has 2 N–H and O–H groups in total. The number of hydrogen-bond donors (Lipinski definition) is 2. The standard InChI is InChI=1S/C21H23FN2O5S/c1-13-3-4-18(27-2)20(9-13)30(25,26)24-15-10-14-6-8-28-21(14)19(11-15)29-17-5-7-23-12-16(17)22/h3-4,6,8-11,16-17,23-24H,5,7,12H2,1-2H3/t16-,17+/m0/s1. The molecule has 1 saturated heterocycles. The van der Waals surface area contributed by atoms with E-state index in [0.717, 1.165) is 5.56 Å². The zero-order chi connectivity index (χ0) is 21.3. The van der Waals surface area contributed by atoms with Gasteiger partial charge in [0.15, 0.2) is 11.3 Å². The molecule has 9 heteroatoms. The Morgan fingerprint density at radius 2 is 2.03 bits per heavy atom. The van der Waals surface area contributed by atoms with Gasteiger partial charge in [0.05, 0.1) is 19.1 Å². The Hall–Kier alpha value is -2.78. The first-order chi connectivity index (χ1) is 14.4. The highest BCUT2D eigenvalue weighted by atomic mass is 32.2. The molecule has 0 amide bonds. The molecule has 0 bridgehead atoms. The van der Waals surface area contributed by atoms with Gasteiger partial charge >= 0.3 is 0 Å². The Labute approximate surface area is 174 Å². The van der Waals surface area contributed by atoms with Crippen molar-refractivity contribution < 1.29 is 26.7 Å². The summed E-state index contributed by atoms with van der Waals surface area (Å²) < 4.78 is 59.5. The van der Waals surface area contributed by atoms with Crippen LogP contribution in [0.25, 0.3) is 11.0 Å². The summed E-state index contributed by atoms with van der Waals surface area (Å²) in [6.07, 6.45) is 0.179. The molecule has 4 rings (SSSR count). The molecule has 3 aromatic rings. The second-order valence-corrected chi connectivity index (χ2v) is 8.89. The van der Waals surface area contributed by atoms with Gasteiger partial charge in [-0.2, -0.15) is 0 Å². The van der Waals surface area contributed by atoms with Gasteiger partial charge in [0.25, 0.3) is 10.0 Å². The lowest BCUT2D eigenvalue weighted by molar-refractivity contribution is 0.0736. The number of ether oxygens (including phenoxy) is 2. The van der Waals surface area contributed by atoms with Gasteiger partial charge < -0.3 is 19.2 Å². The molecule has 30 heavy (non-hydrogen) atoms. The third-order valence-corrected chi connectivity index (χ3v) is 6.41. The van der Waals surface area contributed by atoms with Crippen molar-refractivity contribution >= 4 is 26.7 Å². The predicted molar refractivity (Wildman–Crippen MR) is 112 cm³/mol. The number of rotatable bonds is 6. The van der Waals surface area contributed by atoms with Gasteiger partial charge in [0.1, 0.15) is 22.9 Å². The number of alkyl halides is 1. The van der Waals surface area contributed by atoms with Gasteiger partial charge in [-0.25, -0.2) is 12.8 Å². The molecular formula is C21H23FN2O5S. The lowest BCUT2D eigenvalue weighted by Gasteiger charge is -2.27. The van der Waals surface area contributed by atoms with Crippen LogP contribution in [0.5, 0.6) is 11.5 Å². The van der Waals surface area contributed by atoms with Crippen LogP contribution in [-0.2, 0) is 10.0 Å². The molecule has 1 fully saturated rings. The van der Waals surface area contributed by atoms with Crippen LogP contribution in [0, 0.1) is 6.92 Å². The predicted octanol–water partition coefficient (Wildman–Crippen LogP) is 3.63. The third kappa shape index (κ3) is 4.08. The maximum Gasteiger partial charge on any atom is 0.265 e. The maximum atomic E-state index is 14.2. The number of sulfonamides is 1. The Balaban J connectivity index is 1.69. The third-order valence-electron chi connectivity index (χ3n) is 5.00. The fourth-order valence-electron chi connectivity index (χ4n) is 3.49. The second kappa shape index (κ2) is 8.16. The molecule has 1 aromatic heterocycles. The van der Waals surface area contributed by atoms with Crippen molar-refractivity contribution in [3.05, 3.63) is 48.2 Å². The molecule has 160 valence electrons. The van der Waals surface area contributed by atoms with Crippen molar-refractivity contribution in [3.8, 4) is 11.5 Å². The Morgan fingerprint density at radius 1 is 1.20 bits per heavy atom. The summed E-state index contributed by atoms with van der Waals surface area (Å²) in [5.41, 5.74) is 1.51. The van der Waals surface area contributed by atoms with E-state index < -0.39 is 22.3 Å². The lowest BCUT2D eigenvalue weighted by atomic mass is 10.1. The first-order valence-electron chi connectivity index (χ1n) is 9.57. The highest BCUT2D eigenvalue weighted by molar-refractivity contribution is 7.92. The smallest absolute Gasteiger partial charge is 0.265 e. The number of halogens is 1. The molecule has 0 aliphatic carbocycles. The van der Waals surface area contributed by atoms with E-state index in [0.29, 0.717) is 29.7 Å². The van der Waals surface area contributed by atoms with Crippen molar-refractivity contribution in [2.75, 3.05) is 24.9 Å². The topological polar surface area (TPSA) is 89.8 Å². The number of hydrogen-bond acceptors (Lipinski definition) is 6. The Morgan fingerprint density at radius 3 is 2.80 bits per heavy atom. The maximum absolute atomic E-state index is 14.2. The van der Waals surface area contributed by atoms with Gasteiger partial charge in [-0.3, -0.25) is 4.72 Å². The van der Waals surface area contributed by atoms with Crippen LogP contribution in [0.15, 0.2) is 52.0 Å². The van der Waals surface area contributed by atoms with E-state index in [2.05, 4.69) is 10.0 Å². The lowest BCUT2D eigenvalue weighted by Crippen LogP contribution is -2.44. The van der Waals surface area contributed by atoms with Crippen LogP contribution >= 0.6 is 0 Å². The molecule has 0 unspecified atom stereocenters. The summed E-state index contributed by atoms with van der Waals surface area (Å²) in [5.74, 6) is 0.532. The minimum absolute atomic E-state index is 0.0296. The van der Waals surface area contributed by atoms with E-state index in [9.17, 15) is 12.8 Å². The molecule has 0 radical (unpaired) electrons. The average Bonchev–Trinajstić information content (AvgIpc) is 3.18. The largest absolute Gasteiger partial charge is 0.495 e. The van der Waals surface area contributed by atoms with E-state index in [4.69, 9.17) is 13.9 Å². The highest BCUT2D eigenvalue weighted by Crippen LogP contribution is 2.34. The summed E-state index contributed by atoms with van der Waals surface area (Å²) in [7, 11) is -2.52. The highest BCUT2D eigenvalue weighted by Gasteiger charge is 2.28. The van der Waals surface area contributed by atoms with E-state index in [1.165, 1.54) is 25.5 Å². The van der Waals surface area contributed by atoms with Gasteiger partial charge in [-0.15, -0.1) is 0 Å². The van der Waals surface area contributed by atoms with Crippen molar-refractivity contribution in [1.29, 1.82) is 0 Å². The van der Waals surface area contributed by atoms with Crippen LogP contribution in [0.1, 0.15) is 12.0 Å². The summed E-state index contributed by atoms with van der Waals surface area (Å²) in [6.45, 7) is 2.66. The Bertz CT molecular complexity index is 1160. The molecule has 7 nitrogen and oxygen atoms in total. The first-order valence-corrected chi connectivity index (χ1v) is 11.1. The number of benzene rings is 2. The van der Waals surface area contributed by atoms with Crippen LogP contribution < -0.4 is 19.5 Å². The normalized spacial score (nSPS) is 19.6. The second-order valence-electron chi connectivity index (χ2n) is 7.24. The van der Waals surface area contributed by atoms with E-state index in [1.807, 2.05) is 0 Å². The molecule has 1 aliphatic rings. The number of anilines is 1. The van der Waals surface area contributed by atoms with E-state index in [1.54, 1.807) is 31.2 Å². The number of methoxy groups -OCH3 is 1. The van der Waals surface area contributed by atoms with Crippen LogP contribution in [-0.4, -0.2) is 40.9 Å². The number of fused-ring (bicyclic) bond motifs is 1. The number of nitrogens with one attached hydrogen (secondary N) is 2. The fourth-order valence-corrected chi connectivity index (χ4v) is 4.79. The van der Waals surface area contributed by atoms with Crippen LogP contribution in [0.2, 0.25) is 0 Å². The number of piperidine rings is 1. The van der Waals surface area contributed by atoms with Gasteiger partial charge in [0, 0.05) is 18.0 Å². The van der Waals surface area contributed by atoms with Gasteiger partial charge in [-0.05, 0) is 49.7 Å². The molecule has 2 heterocycles. The molecule has 2 atom stereocenters. The minimum Gasteiger partial charge on any atom is -0.495 e. The monoisotopic (exact) mass is 434 g/mol. The number of furan rings is 1. The summed E-state index contributed by atoms with van der Waals surface area (Å²) in [6, 6.07) is 9.77. The SMILES string of the molecule is COc1ccc(C)cc1S(=O)(=O)Nc1cc(O[C@@H]2CCNC[C@@H]2F)c2occc2c1. The first kappa shape index (κ1) is 20.5. The Kier molecular flexibility index (Phi) is 5.57. The summed E-state index contributed by atoms with van der Waals surface area (Å²) in [5, 5.41) is 3.62. The van der Waals surface area contributed by atoms with Crippen LogP contribution in [0.3, 0.4) is 0 Å². The zero-order valence-corrected chi connectivity index (χ0v) is 17.5. The number of aryl methyl sites for hydroxylation is 1. The van der Waals surface area contributed by atoms with E-state index >= 15 is 0 Å². The molecule has 1 aliphatic heterocycles. The zero-order valence-electron chi connectivity index (χ0n) is 16.6. The van der Waals surface area contributed by atoms with Crippen molar-refractivity contribution in [3.63, 3.8) is 0 Å². The van der Waals surface area contributed by atoms with Crippen molar-refractivity contribution in [2.45, 2.75) is 30.5 Å². The molecule has 2 aromatic carbocycles. The average molecular weight is 434 g/mol. The van der Waals surface area contributed by atoms with Gasteiger partial charge in [0.2, 0.25) is 0 Å². The van der Waals surface area contributed by atoms with E-state index in [-0.39, 0.29) is 22.9 Å². The summed E-state index contributed by atoms with van der Waals surface area (Å²) >= 11 is 0. The fraction of sp³-hybridized carbons (Fsp3) is 0.333. The molecule has 0 saturated carbocycles. The summed E-state index contributed by atoms with van der Waals surface area (Å²) in [4.78, 5) is 0.0296. The van der Waals surface area contributed by atoms with Crippen LogP contribution in [0.4, 0.5) is 10.1 Å². The molecular weight excluding hydrogens is 411 g/mol. The molecule has 0 spiro atoms. The van der Waals surface area contributed by atoms with Gasteiger partial charge in [-0.1, -0.05) is 6.07 Å². The quantitative estimate of drug-likeness (QED) is 0.616.